The third-order valence-electron chi connectivity index (χ3n) is 4.26. The Balaban J connectivity index is 1.97. The smallest absolute Gasteiger partial charge is 0.407 e. The van der Waals surface area contributed by atoms with Gasteiger partial charge in [-0.25, -0.2) is 14.2 Å². The first kappa shape index (κ1) is 21.2. The molecule has 1 saturated carbocycles. The van der Waals surface area contributed by atoms with Gasteiger partial charge in [0.2, 0.25) is 0 Å². The molecular weight excluding hydrogens is 379 g/mol. The number of aliphatic hydroxyl groups is 1. The third-order valence-corrected chi connectivity index (χ3v) is 4.46. The number of alkyl carbamates (subject to hydrolysis) is 1. The van der Waals surface area contributed by atoms with Crippen molar-refractivity contribution in [3.63, 3.8) is 0 Å². The van der Waals surface area contributed by atoms with Crippen LogP contribution in [-0.2, 0) is 4.74 Å². The van der Waals surface area contributed by atoms with Gasteiger partial charge in [0.1, 0.15) is 17.4 Å². The molecule has 1 aromatic heterocycles. The predicted molar refractivity (Wildman–Crippen MR) is 98.7 cm³/mol. The van der Waals surface area contributed by atoms with Crippen molar-refractivity contribution in [3.8, 4) is 0 Å². The normalized spacial score (nSPS) is 20.2. The van der Waals surface area contributed by atoms with Crippen molar-refractivity contribution in [1.29, 1.82) is 0 Å². The topological polar surface area (TPSA) is 113 Å². The van der Waals surface area contributed by atoms with Crippen LogP contribution in [0.1, 0.15) is 37.0 Å². The lowest BCUT2D eigenvalue weighted by Gasteiger charge is -2.36. The van der Waals surface area contributed by atoms with E-state index in [9.17, 15) is 19.1 Å². The number of halogens is 2. The molecule has 2 rings (SSSR count). The fourth-order valence-electron chi connectivity index (χ4n) is 2.47. The number of ether oxygens (including phenoxy) is 1. The number of nitrogens with zero attached hydrogens (tertiary/aromatic N) is 1. The van der Waals surface area contributed by atoms with Gasteiger partial charge < -0.3 is 25.8 Å². The Bertz CT molecular complexity index is 692. The Morgan fingerprint density at radius 3 is 2.74 bits per heavy atom. The van der Waals surface area contributed by atoms with Crippen LogP contribution < -0.4 is 16.0 Å². The number of nitrogens with one attached hydrogen (secondary N) is 3. The quantitative estimate of drug-likeness (QED) is 0.518. The van der Waals surface area contributed by atoms with Gasteiger partial charge in [-0.3, -0.25) is 4.79 Å². The van der Waals surface area contributed by atoms with E-state index in [1.807, 2.05) is 0 Å². The van der Waals surface area contributed by atoms with Crippen LogP contribution in [0.2, 0.25) is 5.15 Å². The first-order valence-electron chi connectivity index (χ1n) is 8.55. The van der Waals surface area contributed by atoms with E-state index in [-0.39, 0.29) is 29.4 Å². The molecule has 0 aromatic carbocycles. The first-order valence-corrected chi connectivity index (χ1v) is 8.93. The van der Waals surface area contributed by atoms with E-state index in [0.29, 0.717) is 18.5 Å². The molecule has 1 fully saturated rings. The van der Waals surface area contributed by atoms with Crippen molar-refractivity contribution in [3.05, 3.63) is 23.0 Å². The molecule has 1 aliphatic rings. The van der Waals surface area contributed by atoms with E-state index in [1.54, 1.807) is 0 Å². The van der Waals surface area contributed by atoms with Crippen LogP contribution in [0, 0.1) is 0 Å². The molecule has 8 nitrogen and oxygen atoms in total. The third kappa shape index (κ3) is 5.93. The highest BCUT2D eigenvalue weighted by Crippen LogP contribution is 2.29. The standard InChI is InChI=1S/C17H24ClFN4O4/c1-17(2,26)13(19)8-22-15(24)11-7-21-14(18)6-12(11)23-9-4-10(5-9)27-16(25)20-3/h6-7,9-10,13,26H,4-5,8H2,1-3H3,(H,20,25)(H,21,23)(H,22,24)/t9?,10?,13-/m1/s1. The highest BCUT2D eigenvalue weighted by Gasteiger charge is 2.33. The lowest BCUT2D eigenvalue weighted by molar-refractivity contribution is -0.00177. The Labute approximate surface area is 161 Å². The summed E-state index contributed by atoms with van der Waals surface area (Å²) in [5.41, 5.74) is -0.897. The fraction of sp³-hybridized carbons (Fsp3) is 0.588. The number of carbonyl (C=O) groups is 2. The zero-order valence-electron chi connectivity index (χ0n) is 15.4. The molecule has 27 heavy (non-hydrogen) atoms. The van der Waals surface area contributed by atoms with Gasteiger partial charge in [-0.1, -0.05) is 11.6 Å². The SMILES string of the molecule is CNC(=O)OC1CC(Nc2cc(Cl)ncc2C(=O)NC[C@@H](F)C(C)(C)O)C1. The second kappa shape index (κ2) is 8.71. The van der Waals surface area contributed by atoms with Crippen LogP contribution >= 0.6 is 11.6 Å². The van der Waals surface area contributed by atoms with Crippen molar-refractivity contribution in [1.82, 2.24) is 15.6 Å². The molecule has 0 radical (unpaired) electrons. The van der Waals surface area contributed by atoms with Crippen molar-refractivity contribution in [2.24, 2.45) is 0 Å². The molecule has 0 unspecified atom stereocenters. The van der Waals surface area contributed by atoms with Gasteiger partial charge in [0.05, 0.1) is 23.4 Å². The molecule has 0 saturated heterocycles. The molecule has 0 aliphatic heterocycles. The minimum absolute atomic E-state index is 0.00466. The second-order valence-corrected chi connectivity index (χ2v) is 7.36. The minimum atomic E-state index is -1.62. The van der Waals surface area contributed by atoms with Crippen molar-refractivity contribution in [2.75, 3.05) is 18.9 Å². The van der Waals surface area contributed by atoms with Crippen molar-refractivity contribution in [2.45, 2.75) is 50.6 Å². The highest BCUT2D eigenvalue weighted by atomic mass is 35.5. The molecule has 2 amide bonds. The number of anilines is 1. The van der Waals surface area contributed by atoms with E-state index in [1.165, 1.54) is 33.2 Å². The summed E-state index contributed by atoms with van der Waals surface area (Å²) in [5.74, 6) is -0.536. The largest absolute Gasteiger partial charge is 0.446 e. The minimum Gasteiger partial charge on any atom is -0.446 e. The van der Waals surface area contributed by atoms with E-state index in [4.69, 9.17) is 16.3 Å². The van der Waals surface area contributed by atoms with Gasteiger partial charge in [-0.15, -0.1) is 0 Å². The Hall–Kier alpha value is -2.13. The van der Waals surface area contributed by atoms with E-state index < -0.39 is 23.8 Å². The van der Waals surface area contributed by atoms with Gasteiger partial charge >= 0.3 is 6.09 Å². The number of alkyl halides is 1. The summed E-state index contributed by atoms with van der Waals surface area (Å²) in [7, 11) is 1.49. The van der Waals surface area contributed by atoms with Gasteiger partial charge in [0, 0.05) is 32.1 Å². The summed E-state index contributed by atoms with van der Waals surface area (Å²) in [6, 6.07) is 1.50. The van der Waals surface area contributed by atoms with Gasteiger partial charge in [0.15, 0.2) is 0 Å². The Morgan fingerprint density at radius 1 is 1.48 bits per heavy atom. The van der Waals surface area contributed by atoms with Gasteiger partial charge in [0.25, 0.3) is 5.91 Å². The molecular formula is C17H24ClFN4O4. The average Bonchev–Trinajstić information content (AvgIpc) is 2.56. The van der Waals surface area contributed by atoms with Crippen LogP contribution in [0.15, 0.2) is 12.3 Å². The summed E-state index contributed by atoms with van der Waals surface area (Å²) >= 11 is 5.92. The van der Waals surface area contributed by atoms with E-state index in [0.717, 1.165) is 0 Å². The number of hydrogen-bond donors (Lipinski definition) is 4. The predicted octanol–water partition coefficient (Wildman–Crippen LogP) is 1.87. The number of pyridine rings is 1. The number of hydrogen-bond acceptors (Lipinski definition) is 6. The molecule has 1 aromatic rings. The van der Waals surface area contributed by atoms with Crippen molar-refractivity contribution >= 4 is 29.3 Å². The lowest BCUT2D eigenvalue weighted by Crippen LogP contribution is -2.44. The molecule has 1 atom stereocenters. The van der Waals surface area contributed by atoms with E-state index >= 15 is 0 Å². The summed E-state index contributed by atoms with van der Waals surface area (Å²) in [5, 5.41) is 17.8. The Morgan fingerprint density at radius 2 is 2.15 bits per heavy atom. The molecule has 1 aliphatic carbocycles. The number of amides is 2. The van der Waals surface area contributed by atoms with Crippen LogP contribution in [0.25, 0.3) is 0 Å². The van der Waals surface area contributed by atoms with Gasteiger partial charge in [-0.2, -0.15) is 0 Å². The van der Waals surface area contributed by atoms with Crippen LogP contribution in [-0.4, -0.2) is 59.6 Å². The Kier molecular flexibility index (Phi) is 6.83. The zero-order valence-corrected chi connectivity index (χ0v) is 16.1. The summed E-state index contributed by atoms with van der Waals surface area (Å²) in [6.07, 6.45) is 0.162. The van der Waals surface area contributed by atoms with Gasteiger partial charge in [-0.05, 0) is 19.9 Å². The number of aromatic nitrogens is 1. The maximum absolute atomic E-state index is 13.8. The summed E-state index contributed by atoms with van der Waals surface area (Å²) in [4.78, 5) is 27.5. The average molecular weight is 403 g/mol. The molecule has 150 valence electrons. The highest BCUT2D eigenvalue weighted by molar-refractivity contribution is 6.29. The number of carbonyl (C=O) groups excluding carboxylic acids is 2. The molecule has 1 heterocycles. The van der Waals surface area contributed by atoms with E-state index in [2.05, 4.69) is 20.9 Å². The number of rotatable bonds is 7. The fourth-order valence-corrected chi connectivity index (χ4v) is 2.63. The molecule has 4 N–H and O–H groups in total. The van der Waals surface area contributed by atoms with Crippen LogP contribution in [0.4, 0.5) is 14.9 Å². The monoisotopic (exact) mass is 402 g/mol. The van der Waals surface area contributed by atoms with Crippen molar-refractivity contribution < 1.29 is 23.8 Å². The summed E-state index contributed by atoms with van der Waals surface area (Å²) < 4.78 is 19.0. The van der Waals surface area contributed by atoms with Crippen LogP contribution in [0.3, 0.4) is 0 Å². The summed E-state index contributed by atoms with van der Waals surface area (Å²) in [6.45, 7) is 2.32. The molecule has 0 spiro atoms. The maximum atomic E-state index is 13.8. The first-order chi connectivity index (χ1) is 12.6. The maximum Gasteiger partial charge on any atom is 0.407 e. The molecule has 0 bridgehead atoms. The molecule has 10 heteroatoms. The lowest BCUT2D eigenvalue weighted by atomic mass is 9.89. The van der Waals surface area contributed by atoms with Crippen LogP contribution in [0.5, 0.6) is 0 Å². The zero-order chi connectivity index (χ0) is 20.2. The second-order valence-electron chi connectivity index (χ2n) is 6.97.